The summed E-state index contributed by atoms with van der Waals surface area (Å²) in [6.07, 6.45) is 8.85. The Morgan fingerprint density at radius 1 is 0.917 bits per heavy atom. The third-order valence-electron chi connectivity index (χ3n) is 4.99. The fraction of sp³-hybridized carbons (Fsp3) is 0.895. The highest BCUT2D eigenvalue weighted by atomic mass is 16.6. The van der Waals surface area contributed by atoms with Gasteiger partial charge in [0.25, 0.3) is 0 Å². The van der Waals surface area contributed by atoms with Crippen molar-refractivity contribution < 1.29 is 14.3 Å². The first-order valence-electron chi connectivity index (χ1n) is 9.61. The Morgan fingerprint density at radius 3 is 2.21 bits per heavy atom. The fourth-order valence-corrected chi connectivity index (χ4v) is 3.64. The van der Waals surface area contributed by atoms with E-state index in [0.717, 1.165) is 25.3 Å². The number of nitrogens with zero attached hydrogens (tertiary/aromatic N) is 2. The molecule has 0 aromatic carbocycles. The standard InChI is InChI=1S/C19H34N2O3/c1-19(2,3)24-18(23)21-13-7-12-20(14-15-21)17(22)11-10-16-8-5-4-6-9-16/h16H,4-15H2,1-3H3. The normalized spacial score (nSPS) is 20.6. The Morgan fingerprint density at radius 2 is 1.54 bits per heavy atom. The minimum Gasteiger partial charge on any atom is -0.444 e. The molecule has 2 amide bonds. The van der Waals surface area contributed by atoms with Crippen LogP contribution in [0, 0.1) is 5.92 Å². The summed E-state index contributed by atoms with van der Waals surface area (Å²) in [4.78, 5) is 28.3. The molecule has 2 fully saturated rings. The number of carbonyl (C=O) groups excluding carboxylic acids is 2. The van der Waals surface area contributed by atoms with Crippen molar-refractivity contribution in [1.29, 1.82) is 0 Å². The first-order chi connectivity index (χ1) is 11.3. The van der Waals surface area contributed by atoms with E-state index in [1.165, 1.54) is 32.1 Å². The Labute approximate surface area is 146 Å². The van der Waals surface area contributed by atoms with Crippen LogP contribution >= 0.6 is 0 Å². The summed E-state index contributed by atoms with van der Waals surface area (Å²) in [5, 5.41) is 0. The van der Waals surface area contributed by atoms with E-state index in [4.69, 9.17) is 4.74 Å². The van der Waals surface area contributed by atoms with E-state index in [1.54, 1.807) is 4.90 Å². The van der Waals surface area contributed by atoms with Gasteiger partial charge < -0.3 is 14.5 Å². The molecule has 0 N–H and O–H groups in total. The number of hydrogen-bond donors (Lipinski definition) is 0. The lowest BCUT2D eigenvalue weighted by Gasteiger charge is -2.27. The Kier molecular flexibility index (Phi) is 6.93. The molecular formula is C19H34N2O3. The molecule has 0 bridgehead atoms. The summed E-state index contributed by atoms with van der Waals surface area (Å²) in [5.74, 6) is 1.000. The van der Waals surface area contributed by atoms with Crippen molar-refractivity contribution in [3.05, 3.63) is 0 Å². The highest BCUT2D eigenvalue weighted by Gasteiger charge is 2.26. The van der Waals surface area contributed by atoms with Crippen LogP contribution in [-0.2, 0) is 9.53 Å². The summed E-state index contributed by atoms with van der Waals surface area (Å²) in [5.41, 5.74) is -0.473. The van der Waals surface area contributed by atoms with E-state index in [9.17, 15) is 9.59 Å². The largest absolute Gasteiger partial charge is 0.444 e. The zero-order chi connectivity index (χ0) is 17.6. The highest BCUT2D eigenvalue weighted by molar-refractivity contribution is 5.76. The van der Waals surface area contributed by atoms with Gasteiger partial charge in [-0.15, -0.1) is 0 Å². The smallest absolute Gasteiger partial charge is 0.410 e. The number of amides is 2. The molecule has 0 aromatic rings. The number of carbonyl (C=O) groups is 2. The molecule has 0 spiro atoms. The molecule has 24 heavy (non-hydrogen) atoms. The number of rotatable bonds is 3. The number of hydrogen-bond acceptors (Lipinski definition) is 3. The van der Waals surface area contributed by atoms with Gasteiger partial charge in [0, 0.05) is 32.6 Å². The van der Waals surface area contributed by atoms with Gasteiger partial charge in [-0.3, -0.25) is 4.79 Å². The van der Waals surface area contributed by atoms with Crippen LogP contribution in [0.1, 0.15) is 72.1 Å². The average molecular weight is 338 g/mol. The van der Waals surface area contributed by atoms with Crippen LogP contribution < -0.4 is 0 Å². The minimum absolute atomic E-state index is 0.256. The molecule has 1 saturated heterocycles. The van der Waals surface area contributed by atoms with Crippen molar-refractivity contribution in [3.8, 4) is 0 Å². The van der Waals surface area contributed by atoms with E-state index >= 15 is 0 Å². The van der Waals surface area contributed by atoms with Crippen molar-refractivity contribution in [2.75, 3.05) is 26.2 Å². The second kappa shape index (κ2) is 8.72. The van der Waals surface area contributed by atoms with Gasteiger partial charge >= 0.3 is 6.09 Å². The molecule has 1 heterocycles. The second-order valence-corrected chi connectivity index (χ2v) is 8.24. The molecule has 0 atom stereocenters. The van der Waals surface area contributed by atoms with Crippen molar-refractivity contribution in [1.82, 2.24) is 9.80 Å². The van der Waals surface area contributed by atoms with Crippen LogP contribution in [0.25, 0.3) is 0 Å². The maximum atomic E-state index is 12.5. The lowest BCUT2D eigenvalue weighted by molar-refractivity contribution is -0.131. The molecule has 1 aliphatic heterocycles. The minimum atomic E-state index is -0.473. The first-order valence-corrected chi connectivity index (χ1v) is 9.61. The van der Waals surface area contributed by atoms with Crippen molar-refractivity contribution in [3.63, 3.8) is 0 Å². The van der Waals surface area contributed by atoms with E-state index in [0.29, 0.717) is 26.1 Å². The predicted octanol–water partition coefficient (Wildman–Crippen LogP) is 3.82. The van der Waals surface area contributed by atoms with E-state index in [2.05, 4.69) is 0 Å². The van der Waals surface area contributed by atoms with Crippen molar-refractivity contribution in [2.45, 2.75) is 77.7 Å². The van der Waals surface area contributed by atoms with E-state index in [1.807, 2.05) is 25.7 Å². The zero-order valence-corrected chi connectivity index (χ0v) is 15.7. The van der Waals surface area contributed by atoms with Crippen molar-refractivity contribution in [2.24, 2.45) is 5.92 Å². The molecule has 0 aromatic heterocycles. The quantitative estimate of drug-likeness (QED) is 0.786. The van der Waals surface area contributed by atoms with E-state index in [-0.39, 0.29) is 12.0 Å². The number of ether oxygens (including phenoxy) is 1. The Balaban J connectivity index is 1.75. The van der Waals surface area contributed by atoms with Gasteiger partial charge in [-0.1, -0.05) is 32.1 Å². The maximum absolute atomic E-state index is 12.5. The lowest BCUT2D eigenvalue weighted by atomic mass is 9.86. The second-order valence-electron chi connectivity index (χ2n) is 8.24. The molecule has 2 rings (SSSR count). The molecule has 5 heteroatoms. The molecule has 0 unspecified atom stereocenters. The molecule has 0 radical (unpaired) electrons. The molecule has 138 valence electrons. The van der Waals surface area contributed by atoms with Gasteiger partial charge in [0.2, 0.25) is 5.91 Å². The maximum Gasteiger partial charge on any atom is 0.410 e. The SMILES string of the molecule is CC(C)(C)OC(=O)N1CCCN(C(=O)CCC2CCCCC2)CC1. The topological polar surface area (TPSA) is 49.9 Å². The van der Waals surface area contributed by atoms with Crippen LogP contribution in [0.5, 0.6) is 0 Å². The van der Waals surface area contributed by atoms with Crippen molar-refractivity contribution >= 4 is 12.0 Å². The predicted molar refractivity (Wildman–Crippen MR) is 94.8 cm³/mol. The zero-order valence-electron chi connectivity index (χ0n) is 15.7. The lowest BCUT2D eigenvalue weighted by Crippen LogP contribution is -2.40. The van der Waals surface area contributed by atoms with Gasteiger partial charge in [0.15, 0.2) is 0 Å². The van der Waals surface area contributed by atoms with Crippen LogP contribution in [-0.4, -0.2) is 53.6 Å². The van der Waals surface area contributed by atoms with Crippen LogP contribution in [0.4, 0.5) is 4.79 Å². The summed E-state index contributed by atoms with van der Waals surface area (Å²) >= 11 is 0. The molecule has 2 aliphatic rings. The molecule has 1 aliphatic carbocycles. The first kappa shape index (κ1) is 19.1. The van der Waals surface area contributed by atoms with Gasteiger partial charge in [0.05, 0.1) is 0 Å². The highest BCUT2D eigenvalue weighted by Crippen LogP contribution is 2.27. The van der Waals surface area contributed by atoms with Gasteiger partial charge in [0.1, 0.15) is 5.60 Å². The Bertz CT molecular complexity index is 425. The summed E-state index contributed by atoms with van der Waals surface area (Å²) < 4.78 is 5.44. The molecule has 5 nitrogen and oxygen atoms in total. The summed E-state index contributed by atoms with van der Waals surface area (Å²) in [6.45, 7) is 8.26. The third-order valence-corrected chi connectivity index (χ3v) is 4.99. The van der Waals surface area contributed by atoms with Crippen LogP contribution in [0.2, 0.25) is 0 Å². The van der Waals surface area contributed by atoms with Gasteiger partial charge in [-0.25, -0.2) is 4.79 Å². The third kappa shape index (κ3) is 6.33. The summed E-state index contributed by atoms with van der Waals surface area (Å²) in [6, 6.07) is 0. The van der Waals surface area contributed by atoms with Crippen LogP contribution in [0.15, 0.2) is 0 Å². The summed E-state index contributed by atoms with van der Waals surface area (Å²) in [7, 11) is 0. The van der Waals surface area contributed by atoms with Gasteiger partial charge in [-0.2, -0.15) is 0 Å². The van der Waals surface area contributed by atoms with E-state index < -0.39 is 5.60 Å². The fourth-order valence-electron chi connectivity index (χ4n) is 3.64. The Hall–Kier alpha value is -1.26. The van der Waals surface area contributed by atoms with Gasteiger partial charge in [-0.05, 0) is 39.5 Å². The molecule has 1 saturated carbocycles. The molecular weight excluding hydrogens is 304 g/mol. The van der Waals surface area contributed by atoms with Crippen LogP contribution in [0.3, 0.4) is 0 Å². The average Bonchev–Trinajstić information content (AvgIpc) is 2.78. The monoisotopic (exact) mass is 338 g/mol.